The quantitative estimate of drug-likeness (QED) is 0.542. The third-order valence-corrected chi connectivity index (χ3v) is 3.98. The number of hydrogen-bond donors (Lipinski definition) is 0. The van der Waals surface area contributed by atoms with Gasteiger partial charge in [0.2, 0.25) is 0 Å². The van der Waals surface area contributed by atoms with E-state index in [9.17, 15) is 4.79 Å². The molecule has 23 heavy (non-hydrogen) atoms. The first-order chi connectivity index (χ1) is 10.7. The van der Waals surface area contributed by atoms with Gasteiger partial charge in [-0.2, -0.15) is 0 Å². The van der Waals surface area contributed by atoms with Crippen molar-refractivity contribution in [3.63, 3.8) is 0 Å². The lowest BCUT2D eigenvalue weighted by molar-refractivity contribution is 0.0733. The van der Waals surface area contributed by atoms with Crippen molar-refractivity contribution in [2.75, 3.05) is 0 Å². The summed E-state index contributed by atoms with van der Waals surface area (Å²) in [6.45, 7) is 12.6. The van der Waals surface area contributed by atoms with Gasteiger partial charge in [0, 0.05) is 0 Å². The van der Waals surface area contributed by atoms with Crippen LogP contribution in [0.15, 0.2) is 42.5 Å². The summed E-state index contributed by atoms with van der Waals surface area (Å²) in [4.78, 5) is 12.6. The van der Waals surface area contributed by atoms with Crippen LogP contribution in [0.5, 0.6) is 5.75 Å². The topological polar surface area (TPSA) is 26.3 Å². The van der Waals surface area contributed by atoms with Gasteiger partial charge in [-0.15, -0.1) is 0 Å². The highest BCUT2D eigenvalue weighted by atomic mass is 16.5. The summed E-state index contributed by atoms with van der Waals surface area (Å²) >= 11 is 0. The van der Waals surface area contributed by atoms with Crippen LogP contribution in [0.25, 0.3) is 0 Å². The van der Waals surface area contributed by atoms with Gasteiger partial charge < -0.3 is 4.74 Å². The summed E-state index contributed by atoms with van der Waals surface area (Å²) < 4.78 is 5.57. The SMILES string of the molecule is Cc1ccc(C(C)C)c(C(=O)Oc2ccc(C(C)(C)C)cc2)c1. The zero-order valence-electron chi connectivity index (χ0n) is 14.9. The molecule has 2 aromatic carbocycles. The van der Waals surface area contributed by atoms with Gasteiger partial charge in [0.15, 0.2) is 0 Å². The molecule has 0 aliphatic carbocycles. The second-order valence-corrected chi connectivity index (χ2v) is 7.41. The molecule has 122 valence electrons. The monoisotopic (exact) mass is 310 g/mol. The minimum atomic E-state index is -0.291. The van der Waals surface area contributed by atoms with E-state index in [1.807, 2.05) is 49.4 Å². The molecule has 2 nitrogen and oxygen atoms in total. The zero-order valence-corrected chi connectivity index (χ0v) is 14.9. The summed E-state index contributed by atoms with van der Waals surface area (Å²) in [5.41, 5.74) is 4.04. The van der Waals surface area contributed by atoms with Gasteiger partial charge in [-0.3, -0.25) is 0 Å². The fourth-order valence-electron chi connectivity index (χ4n) is 2.54. The molecule has 0 spiro atoms. The minimum Gasteiger partial charge on any atom is -0.423 e. The largest absolute Gasteiger partial charge is 0.423 e. The Morgan fingerprint density at radius 2 is 1.61 bits per heavy atom. The molecule has 0 aliphatic rings. The zero-order chi connectivity index (χ0) is 17.2. The van der Waals surface area contributed by atoms with Crippen LogP contribution in [0.3, 0.4) is 0 Å². The minimum absolute atomic E-state index is 0.0872. The number of benzene rings is 2. The van der Waals surface area contributed by atoms with E-state index in [1.165, 1.54) is 5.56 Å². The summed E-state index contributed by atoms with van der Waals surface area (Å²) in [6, 6.07) is 13.7. The van der Waals surface area contributed by atoms with Gasteiger partial charge in [0.25, 0.3) is 0 Å². The maximum absolute atomic E-state index is 12.6. The number of carbonyl (C=O) groups excluding carboxylic acids is 1. The maximum atomic E-state index is 12.6. The molecule has 0 aliphatic heterocycles. The van der Waals surface area contributed by atoms with E-state index in [0.29, 0.717) is 11.3 Å². The molecule has 0 atom stereocenters. The molecule has 0 N–H and O–H groups in total. The molecule has 2 heteroatoms. The van der Waals surface area contributed by atoms with Crippen LogP contribution < -0.4 is 4.74 Å². The molecule has 0 heterocycles. The van der Waals surface area contributed by atoms with Crippen molar-refractivity contribution < 1.29 is 9.53 Å². The highest BCUT2D eigenvalue weighted by Crippen LogP contribution is 2.26. The number of hydrogen-bond acceptors (Lipinski definition) is 2. The van der Waals surface area contributed by atoms with E-state index >= 15 is 0 Å². The smallest absolute Gasteiger partial charge is 0.343 e. The Bertz CT molecular complexity index is 689. The van der Waals surface area contributed by atoms with Gasteiger partial charge in [-0.05, 0) is 47.6 Å². The Hall–Kier alpha value is -2.09. The molecular weight excluding hydrogens is 284 g/mol. The molecule has 0 saturated heterocycles. The Balaban J connectivity index is 2.24. The second kappa shape index (κ2) is 6.57. The lowest BCUT2D eigenvalue weighted by Gasteiger charge is -2.19. The van der Waals surface area contributed by atoms with Gasteiger partial charge in [0.1, 0.15) is 5.75 Å². The van der Waals surface area contributed by atoms with E-state index in [4.69, 9.17) is 4.74 Å². The van der Waals surface area contributed by atoms with Crippen LogP contribution in [0.4, 0.5) is 0 Å². The highest BCUT2D eigenvalue weighted by molar-refractivity contribution is 5.93. The van der Waals surface area contributed by atoms with Gasteiger partial charge >= 0.3 is 5.97 Å². The van der Waals surface area contributed by atoms with Crippen molar-refractivity contribution in [2.45, 2.75) is 52.9 Å². The average Bonchev–Trinajstić information content (AvgIpc) is 2.46. The molecule has 0 bridgehead atoms. The van der Waals surface area contributed by atoms with E-state index in [1.54, 1.807) is 0 Å². The standard InChI is InChI=1S/C21H26O2/c1-14(2)18-12-7-15(3)13-19(18)20(22)23-17-10-8-16(9-11-17)21(4,5)6/h7-14H,1-6H3. The van der Waals surface area contributed by atoms with Crippen LogP contribution in [-0.4, -0.2) is 5.97 Å². The highest BCUT2D eigenvalue weighted by Gasteiger charge is 2.17. The molecule has 2 rings (SSSR count). The van der Waals surface area contributed by atoms with E-state index < -0.39 is 0 Å². The fraction of sp³-hybridized carbons (Fsp3) is 0.381. The third-order valence-electron chi connectivity index (χ3n) is 3.98. The molecule has 0 amide bonds. The summed E-state index contributed by atoms with van der Waals surface area (Å²) in [5.74, 6) is 0.571. The van der Waals surface area contributed by atoms with Gasteiger partial charge in [-0.25, -0.2) is 4.79 Å². The molecular formula is C21H26O2. The number of esters is 1. The van der Waals surface area contributed by atoms with Crippen LogP contribution in [-0.2, 0) is 5.41 Å². The second-order valence-electron chi connectivity index (χ2n) is 7.41. The fourth-order valence-corrected chi connectivity index (χ4v) is 2.54. The maximum Gasteiger partial charge on any atom is 0.343 e. The Morgan fingerprint density at radius 1 is 1.00 bits per heavy atom. The van der Waals surface area contributed by atoms with Crippen LogP contribution in [0.1, 0.15) is 67.6 Å². The first-order valence-corrected chi connectivity index (χ1v) is 8.12. The summed E-state index contributed by atoms with van der Waals surface area (Å²) in [5, 5.41) is 0. The lowest BCUT2D eigenvalue weighted by Crippen LogP contribution is -2.13. The van der Waals surface area contributed by atoms with Crippen molar-refractivity contribution in [3.8, 4) is 5.75 Å². The Kier molecular flexibility index (Phi) is 4.93. The van der Waals surface area contributed by atoms with E-state index in [-0.39, 0.29) is 17.3 Å². The van der Waals surface area contributed by atoms with Crippen LogP contribution in [0.2, 0.25) is 0 Å². The normalized spacial score (nSPS) is 11.6. The van der Waals surface area contributed by atoms with Gasteiger partial charge in [-0.1, -0.05) is 64.4 Å². The van der Waals surface area contributed by atoms with E-state index in [2.05, 4.69) is 34.6 Å². The Labute approximate surface area is 139 Å². The van der Waals surface area contributed by atoms with Crippen molar-refractivity contribution >= 4 is 5.97 Å². The summed E-state index contributed by atoms with van der Waals surface area (Å²) in [7, 11) is 0. The number of carbonyl (C=O) groups is 1. The first-order valence-electron chi connectivity index (χ1n) is 8.12. The number of aryl methyl sites for hydroxylation is 1. The number of ether oxygens (including phenoxy) is 1. The average molecular weight is 310 g/mol. The van der Waals surface area contributed by atoms with Crippen molar-refractivity contribution in [2.24, 2.45) is 0 Å². The van der Waals surface area contributed by atoms with E-state index in [0.717, 1.165) is 11.1 Å². The van der Waals surface area contributed by atoms with Gasteiger partial charge in [0.05, 0.1) is 5.56 Å². The number of rotatable bonds is 3. The van der Waals surface area contributed by atoms with Crippen molar-refractivity contribution in [1.29, 1.82) is 0 Å². The molecule has 0 fully saturated rings. The first kappa shape index (κ1) is 17.3. The third kappa shape index (κ3) is 4.22. The van der Waals surface area contributed by atoms with Crippen LogP contribution in [0, 0.1) is 6.92 Å². The molecule has 0 saturated carbocycles. The van der Waals surface area contributed by atoms with Crippen LogP contribution >= 0.6 is 0 Å². The predicted molar refractivity (Wildman–Crippen MR) is 95.4 cm³/mol. The van der Waals surface area contributed by atoms with Crippen molar-refractivity contribution in [1.82, 2.24) is 0 Å². The predicted octanol–water partition coefficient (Wildman–Crippen LogP) is 5.64. The van der Waals surface area contributed by atoms with Crippen molar-refractivity contribution in [3.05, 3.63) is 64.7 Å². The summed E-state index contributed by atoms with van der Waals surface area (Å²) in [6.07, 6.45) is 0. The molecule has 0 unspecified atom stereocenters. The molecule has 0 aromatic heterocycles. The molecule has 2 aromatic rings. The Morgan fingerprint density at radius 3 is 2.13 bits per heavy atom. The lowest BCUT2D eigenvalue weighted by atomic mass is 9.87. The molecule has 0 radical (unpaired) electrons.